The summed E-state index contributed by atoms with van der Waals surface area (Å²) < 4.78 is 2.41. The van der Waals surface area contributed by atoms with E-state index in [0.29, 0.717) is 0 Å². The van der Waals surface area contributed by atoms with Crippen LogP contribution in [0.5, 0.6) is 0 Å². The Kier molecular flexibility index (Phi) is 10.1. The standard InChI is InChI=1S/C71H48N2/c1-5-23-49(24-6-1)57-38-20-25-50-26-21-39-61(69(50)57)59-36-15-18-43-66(59)73(56-34-19-27-51(47-56)52-45-46-60-58-35-14-17-42-65(58)72(68(60)48-52)55-32-11-4-12-33-55)67-44-22-41-64-70(67)62-37-13-16-40-63(62)71(64,53-28-7-2-8-29-53)54-30-9-3-10-31-54/h1-48H. The number of hydrogen-bond acceptors (Lipinski definition) is 1. The van der Waals surface area contributed by atoms with Crippen LogP contribution in [0.1, 0.15) is 22.3 Å². The molecule has 342 valence electrons. The molecule has 12 aromatic carbocycles. The first-order valence-corrected chi connectivity index (χ1v) is 25.3. The second-order valence-corrected chi connectivity index (χ2v) is 19.1. The molecule has 0 saturated carbocycles. The first kappa shape index (κ1) is 42.4. The van der Waals surface area contributed by atoms with Crippen LogP contribution in [0, 0.1) is 0 Å². The Morgan fingerprint density at radius 1 is 0.315 bits per heavy atom. The van der Waals surface area contributed by atoms with Gasteiger partial charge in [-0.15, -0.1) is 0 Å². The quantitative estimate of drug-likeness (QED) is 0.140. The van der Waals surface area contributed by atoms with Crippen molar-refractivity contribution < 1.29 is 0 Å². The number of fused-ring (bicyclic) bond motifs is 7. The summed E-state index contributed by atoms with van der Waals surface area (Å²) in [6.07, 6.45) is 0. The van der Waals surface area contributed by atoms with E-state index in [1.807, 2.05) is 0 Å². The molecule has 0 spiro atoms. The van der Waals surface area contributed by atoms with Gasteiger partial charge in [-0.3, -0.25) is 0 Å². The summed E-state index contributed by atoms with van der Waals surface area (Å²) >= 11 is 0. The van der Waals surface area contributed by atoms with Crippen LogP contribution in [0.2, 0.25) is 0 Å². The Labute approximate surface area is 426 Å². The van der Waals surface area contributed by atoms with Gasteiger partial charge in [-0.05, 0) is 115 Å². The van der Waals surface area contributed by atoms with Crippen molar-refractivity contribution in [3.05, 3.63) is 313 Å². The van der Waals surface area contributed by atoms with E-state index in [1.54, 1.807) is 0 Å². The third-order valence-electron chi connectivity index (χ3n) is 15.3. The SMILES string of the molecule is c1ccc(-c2cccc3cccc(-c4ccccc4N(c4cccc(-c5ccc6c7ccccc7n(-c7ccccc7)c6c5)c4)c4cccc5c4-c4ccccc4C5(c4ccccc4)c4ccccc4)c23)cc1. The van der Waals surface area contributed by atoms with Gasteiger partial charge in [0, 0.05) is 33.3 Å². The van der Waals surface area contributed by atoms with Gasteiger partial charge < -0.3 is 9.47 Å². The van der Waals surface area contributed by atoms with Crippen LogP contribution in [-0.4, -0.2) is 4.57 Å². The zero-order chi connectivity index (χ0) is 48.3. The molecule has 0 bridgehead atoms. The number of aromatic nitrogens is 1. The fraction of sp³-hybridized carbons (Fsp3) is 0.0141. The largest absolute Gasteiger partial charge is 0.309 e. The van der Waals surface area contributed by atoms with Crippen LogP contribution < -0.4 is 4.90 Å². The monoisotopic (exact) mass is 928 g/mol. The highest BCUT2D eigenvalue weighted by molar-refractivity contribution is 6.11. The number of anilines is 3. The predicted octanol–water partition coefficient (Wildman–Crippen LogP) is 18.8. The topological polar surface area (TPSA) is 8.17 Å². The number of hydrogen-bond donors (Lipinski definition) is 0. The zero-order valence-electron chi connectivity index (χ0n) is 40.1. The molecular formula is C71H48N2. The van der Waals surface area contributed by atoms with Gasteiger partial charge in [-0.25, -0.2) is 0 Å². The van der Waals surface area contributed by atoms with Crippen molar-refractivity contribution in [2.24, 2.45) is 0 Å². The lowest BCUT2D eigenvalue weighted by Gasteiger charge is -2.34. The molecule has 2 heteroatoms. The molecule has 0 amide bonds. The van der Waals surface area contributed by atoms with E-state index in [0.717, 1.165) is 39.4 Å². The van der Waals surface area contributed by atoms with Crippen molar-refractivity contribution in [2.45, 2.75) is 5.41 Å². The summed E-state index contributed by atoms with van der Waals surface area (Å²) in [4.78, 5) is 2.55. The van der Waals surface area contributed by atoms with Crippen molar-refractivity contribution >= 4 is 49.6 Å². The molecule has 0 aliphatic heterocycles. The summed E-state index contributed by atoms with van der Waals surface area (Å²) in [6, 6.07) is 107. The summed E-state index contributed by atoms with van der Waals surface area (Å²) in [7, 11) is 0. The van der Waals surface area contributed by atoms with Gasteiger partial charge >= 0.3 is 0 Å². The molecule has 1 aromatic heterocycles. The van der Waals surface area contributed by atoms with Crippen LogP contribution in [-0.2, 0) is 5.41 Å². The molecule has 0 radical (unpaired) electrons. The highest BCUT2D eigenvalue weighted by Gasteiger charge is 2.47. The molecule has 0 N–H and O–H groups in total. The van der Waals surface area contributed by atoms with Crippen LogP contribution >= 0.6 is 0 Å². The Balaban J connectivity index is 1.05. The summed E-state index contributed by atoms with van der Waals surface area (Å²) in [5.74, 6) is 0. The second-order valence-electron chi connectivity index (χ2n) is 19.1. The van der Waals surface area contributed by atoms with Gasteiger partial charge in [-0.2, -0.15) is 0 Å². The summed E-state index contributed by atoms with van der Waals surface area (Å²) in [5, 5.41) is 4.91. The van der Waals surface area contributed by atoms with Gasteiger partial charge in [0.2, 0.25) is 0 Å². The summed E-state index contributed by atoms with van der Waals surface area (Å²) in [6.45, 7) is 0. The Hall–Kier alpha value is -9.50. The van der Waals surface area contributed by atoms with Crippen molar-refractivity contribution in [3.8, 4) is 50.2 Å². The smallest absolute Gasteiger partial charge is 0.0714 e. The molecule has 0 unspecified atom stereocenters. The van der Waals surface area contributed by atoms with Gasteiger partial charge in [0.25, 0.3) is 0 Å². The molecule has 0 fully saturated rings. The highest BCUT2D eigenvalue weighted by Crippen LogP contribution is 2.60. The minimum Gasteiger partial charge on any atom is -0.309 e. The van der Waals surface area contributed by atoms with Crippen LogP contribution in [0.15, 0.2) is 291 Å². The maximum atomic E-state index is 2.55. The Morgan fingerprint density at radius 2 is 0.849 bits per heavy atom. The number of rotatable bonds is 9. The fourth-order valence-corrected chi connectivity index (χ4v) is 12.2. The van der Waals surface area contributed by atoms with E-state index in [2.05, 4.69) is 301 Å². The highest BCUT2D eigenvalue weighted by atomic mass is 15.1. The second kappa shape index (κ2) is 17.4. The minimum atomic E-state index is -0.565. The first-order chi connectivity index (χ1) is 36.3. The van der Waals surface area contributed by atoms with Crippen molar-refractivity contribution in [2.75, 3.05) is 4.90 Å². The van der Waals surface area contributed by atoms with Crippen LogP contribution in [0.25, 0.3) is 82.8 Å². The van der Waals surface area contributed by atoms with E-state index in [1.165, 1.54) is 82.6 Å². The lowest BCUT2D eigenvalue weighted by atomic mass is 9.68. The fourth-order valence-electron chi connectivity index (χ4n) is 12.2. The predicted molar refractivity (Wildman–Crippen MR) is 307 cm³/mol. The van der Waals surface area contributed by atoms with Crippen molar-refractivity contribution in [3.63, 3.8) is 0 Å². The molecule has 1 aliphatic carbocycles. The van der Waals surface area contributed by atoms with Gasteiger partial charge in [0.05, 0.1) is 27.8 Å². The molecule has 1 heterocycles. The normalized spacial score (nSPS) is 12.5. The number of para-hydroxylation sites is 3. The molecule has 1 aliphatic rings. The van der Waals surface area contributed by atoms with Gasteiger partial charge in [0.15, 0.2) is 0 Å². The lowest BCUT2D eigenvalue weighted by Crippen LogP contribution is -2.28. The first-order valence-electron chi connectivity index (χ1n) is 25.3. The van der Waals surface area contributed by atoms with E-state index in [-0.39, 0.29) is 0 Å². The van der Waals surface area contributed by atoms with Gasteiger partial charge in [0.1, 0.15) is 0 Å². The van der Waals surface area contributed by atoms with E-state index >= 15 is 0 Å². The molecule has 0 saturated heterocycles. The van der Waals surface area contributed by atoms with E-state index < -0.39 is 5.41 Å². The molecule has 13 aromatic rings. The lowest BCUT2D eigenvalue weighted by molar-refractivity contribution is 0.768. The molecular weight excluding hydrogens is 881 g/mol. The third kappa shape index (κ3) is 6.72. The van der Waals surface area contributed by atoms with E-state index in [9.17, 15) is 0 Å². The van der Waals surface area contributed by atoms with Crippen LogP contribution in [0.4, 0.5) is 17.1 Å². The third-order valence-corrected chi connectivity index (χ3v) is 15.3. The molecule has 0 atom stereocenters. The average molecular weight is 929 g/mol. The minimum absolute atomic E-state index is 0.565. The maximum absolute atomic E-state index is 2.55. The van der Waals surface area contributed by atoms with Gasteiger partial charge in [-0.1, -0.05) is 243 Å². The number of nitrogens with zero attached hydrogens (tertiary/aromatic N) is 2. The van der Waals surface area contributed by atoms with Crippen LogP contribution in [0.3, 0.4) is 0 Å². The maximum Gasteiger partial charge on any atom is 0.0714 e. The molecule has 73 heavy (non-hydrogen) atoms. The van der Waals surface area contributed by atoms with Crippen molar-refractivity contribution in [1.29, 1.82) is 0 Å². The average Bonchev–Trinajstić information content (AvgIpc) is 3.98. The Morgan fingerprint density at radius 3 is 1.62 bits per heavy atom. The number of benzene rings is 12. The Bertz CT molecular complexity index is 4150. The summed E-state index contributed by atoms with van der Waals surface area (Å²) in [5.41, 5.74) is 20.8. The zero-order valence-corrected chi connectivity index (χ0v) is 40.1. The molecule has 2 nitrogen and oxygen atoms in total. The molecule has 14 rings (SSSR count). The van der Waals surface area contributed by atoms with Crippen molar-refractivity contribution in [1.82, 2.24) is 4.57 Å². The van der Waals surface area contributed by atoms with E-state index in [4.69, 9.17) is 0 Å².